The molecule has 14 heteroatoms. The lowest BCUT2D eigenvalue weighted by Crippen LogP contribution is -2.55. The van der Waals surface area contributed by atoms with Crippen molar-refractivity contribution in [3.8, 4) is 0 Å². The van der Waals surface area contributed by atoms with E-state index in [1.165, 1.54) is 50.5 Å². The molecule has 3 heterocycles. The van der Waals surface area contributed by atoms with Gasteiger partial charge in [0, 0.05) is 41.5 Å². The zero-order valence-electron chi connectivity index (χ0n) is 20.8. The number of aromatic nitrogens is 2. The summed E-state index contributed by atoms with van der Waals surface area (Å²) in [5, 5.41) is 22.2. The quantitative estimate of drug-likeness (QED) is 0.252. The first kappa shape index (κ1) is 28.5. The molecule has 10 nitrogen and oxygen atoms in total. The minimum absolute atomic E-state index is 0.0309. The largest absolute Gasteiger partial charge is 0.478 e. The van der Waals surface area contributed by atoms with Gasteiger partial charge in [-0.25, -0.2) is 19.3 Å². The number of alkyl halides is 3. The van der Waals surface area contributed by atoms with Gasteiger partial charge >= 0.3 is 23.5 Å². The molecule has 3 amide bonds. The van der Waals surface area contributed by atoms with E-state index in [1.807, 2.05) is 0 Å². The van der Waals surface area contributed by atoms with Crippen LogP contribution in [0.15, 0.2) is 66.1 Å². The third-order valence-corrected chi connectivity index (χ3v) is 7.61. The van der Waals surface area contributed by atoms with Gasteiger partial charge in [0.25, 0.3) is 5.91 Å². The van der Waals surface area contributed by atoms with Crippen molar-refractivity contribution in [3.63, 3.8) is 0 Å². The van der Waals surface area contributed by atoms with Crippen molar-refractivity contribution in [1.82, 2.24) is 15.3 Å². The number of pyridine rings is 2. The summed E-state index contributed by atoms with van der Waals surface area (Å²) in [5.41, 5.74) is -6.67. The molecule has 2 aromatic heterocycles. The van der Waals surface area contributed by atoms with Crippen LogP contribution in [-0.2, 0) is 4.79 Å². The molecule has 3 aromatic rings. The topological polar surface area (TPSA) is 150 Å². The van der Waals surface area contributed by atoms with Crippen molar-refractivity contribution in [2.75, 3.05) is 4.90 Å². The Kier molecular flexibility index (Phi) is 7.57. The lowest BCUT2D eigenvalue weighted by molar-refractivity contribution is -0.123. The first-order valence-electron chi connectivity index (χ1n) is 11.6. The number of amides is 3. The van der Waals surface area contributed by atoms with Crippen LogP contribution in [-0.4, -0.2) is 55.1 Å². The molecule has 3 N–H and O–H groups in total. The summed E-state index contributed by atoms with van der Waals surface area (Å²) in [6.07, 6.45) is 4.83. The summed E-state index contributed by atoms with van der Waals surface area (Å²) < 4.78 is 38.4. The van der Waals surface area contributed by atoms with Gasteiger partial charge in [0.05, 0.1) is 16.8 Å². The number of nitrogens with one attached hydrogen (secondary N) is 1. The molecule has 0 radical (unpaired) electrons. The minimum atomic E-state index is -4.54. The number of anilines is 1. The second-order valence-electron chi connectivity index (χ2n) is 8.96. The predicted octanol–water partition coefficient (Wildman–Crippen LogP) is 4.89. The highest BCUT2D eigenvalue weighted by Gasteiger charge is 2.59. The number of carboxylic acid groups (broad SMARTS) is 2. The second-order valence-corrected chi connectivity index (χ2v) is 10.1. The van der Waals surface area contributed by atoms with Crippen LogP contribution in [0, 0.1) is 0 Å². The minimum Gasteiger partial charge on any atom is -0.478 e. The number of aromatic carboxylic acids is 2. The van der Waals surface area contributed by atoms with Crippen molar-refractivity contribution >= 4 is 41.3 Å². The van der Waals surface area contributed by atoms with Crippen molar-refractivity contribution in [3.05, 3.63) is 83.4 Å². The molecule has 0 bridgehead atoms. The Morgan fingerprint density at radius 3 is 1.80 bits per heavy atom. The summed E-state index contributed by atoms with van der Waals surface area (Å²) >= 11 is -0.361. The first-order chi connectivity index (χ1) is 18.8. The fraction of sp³-hybridized carbons (Fsp3) is 0.231. The van der Waals surface area contributed by atoms with E-state index in [0.717, 1.165) is 29.4 Å². The zero-order valence-corrected chi connectivity index (χ0v) is 21.7. The second kappa shape index (κ2) is 10.6. The molecule has 1 aromatic carbocycles. The number of hydrogen-bond donors (Lipinski definition) is 3. The number of rotatable bonds is 8. The lowest BCUT2D eigenvalue weighted by atomic mass is 9.68. The molecule has 1 fully saturated rings. The van der Waals surface area contributed by atoms with Crippen LogP contribution in [0.5, 0.6) is 0 Å². The Labute approximate surface area is 229 Å². The summed E-state index contributed by atoms with van der Waals surface area (Å²) in [6, 6.07) is 6.44. The normalized spacial score (nSPS) is 18.8. The highest BCUT2D eigenvalue weighted by atomic mass is 32.2. The predicted molar refractivity (Wildman–Crippen MR) is 136 cm³/mol. The van der Waals surface area contributed by atoms with E-state index in [0.29, 0.717) is 0 Å². The lowest BCUT2D eigenvalue weighted by Gasteiger charge is -2.39. The SMILES string of the molecule is CC(c1ccncc1C(=O)O)C1(C(C)c2ccncc2C(=O)O)NC(=O)N(c2ccc(SC(F)(F)F)cc2)C1=O. The van der Waals surface area contributed by atoms with Gasteiger partial charge in [-0.05, 0) is 59.3 Å². The van der Waals surface area contributed by atoms with E-state index in [2.05, 4.69) is 15.3 Å². The highest BCUT2D eigenvalue weighted by molar-refractivity contribution is 8.00. The van der Waals surface area contributed by atoms with Gasteiger partial charge in [-0.2, -0.15) is 13.2 Å². The maximum atomic E-state index is 14.3. The van der Waals surface area contributed by atoms with Gasteiger partial charge in [-0.3, -0.25) is 14.8 Å². The molecule has 0 spiro atoms. The average molecular weight is 575 g/mol. The number of benzene rings is 1. The van der Waals surface area contributed by atoms with Gasteiger partial charge < -0.3 is 15.5 Å². The number of carboxylic acids is 2. The first-order valence-corrected chi connectivity index (χ1v) is 12.5. The molecule has 40 heavy (non-hydrogen) atoms. The monoisotopic (exact) mass is 574 g/mol. The Morgan fingerprint density at radius 1 is 0.900 bits per heavy atom. The number of urea groups is 1. The number of carbonyl (C=O) groups is 4. The molecular weight excluding hydrogens is 553 g/mol. The number of imide groups is 1. The molecule has 2 atom stereocenters. The van der Waals surface area contributed by atoms with Gasteiger partial charge in [-0.15, -0.1) is 0 Å². The molecule has 1 saturated heterocycles. The molecule has 0 aliphatic carbocycles. The van der Waals surface area contributed by atoms with E-state index in [-0.39, 0.29) is 44.6 Å². The van der Waals surface area contributed by atoms with Crippen LogP contribution < -0.4 is 10.2 Å². The van der Waals surface area contributed by atoms with Crippen LogP contribution in [0.2, 0.25) is 0 Å². The third kappa shape index (κ3) is 5.09. The molecular formula is C26H21F3N4O6S. The van der Waals surface area contributed by atoms with Crippen LogP contribution in [0.4, 0.5) is 23.7 Å². The molecule has 2 unspecified atom stereocenters. The maximum absolute atomic E-state index is 14.3. The number of thioether (sulfide) groups is 1. The average Bonchev–Trinajstić information content (AvgIpc) is 3.17. The number of hydrogen-bond acceptors (Lipinski definition) is 7. The van der Waals surface area contributed by atoms with Gasteiger partial charge in [-0.1, -0.05) is 13.8 Å². The third-order valence-electron chi connectivity index (χ3n) is 6.87. The fourth-order valence-electron chi connectivity index (χ4n) is 4.97. The zero-order chi connectivity index (χ0) is 29.4. The van der Waals surface area contributed by atoms with E-state index < -0.39 is 46.8 Å². The molecule has 208 valence electrons. The molecule has 4 rings (SSSR count). The maximum Gasteiger partial charge on any atom is 0.446 e. The number of nitrogens with zero attached hydrogens (tertiary/aromatic N) is 3. The molecule has 0 saturated carbocycles. The van der Waals surface area contributed by atoms with Crippen molar-refractivity contribution in [2.45, 2.75) is 41.6 Å². The van der Waals surface area contributed by atoms with E-state index >= 15 is 0 Å². The Morgan fingerprint density at radius 2 is 1.38 bits per heavy atom. The smallest absolute Gasteiger partial charge is 0.446 e. The van der Waals surface area contributed by atoms with Crippen LogP contribution in [0.1, 0.15) is 57.5 Å². The molecule has 1 aliphatic rings. The van der Waals surface area contributed by atoms with Gasteiger partial charge in [0.1, 0.15) is 5.54 Å². The van der Waals surface area contributed by atoms with Crippen LogP contribution in [0.25, 0.3) is 0 Å². The Bertz CT molecular complexity index is 1430. The summed E-state index contributed by atoms with van der Waals surface area (Å²) in [7, 11) is 0. The van der Waals surface area contributed by atoms with E-state index in [4.69, 9.17) is 0 Å². The van der Waals surface area contributed by atoms with Crippen molar-refractivity contribution < 1.29 is 42.6 Å². The summed E-state index contributed by atoms with van der Waals surface area (Å²) in [6.45, 7) is 3.04. The number of halogens is 3. The number of carbonyl (C=O) groups excluding carboxylic acids is 2. The van der Waals surface area contributed by atoms with Gasteiger partial charge in [0.2, 0.25) is 0 Å². The van der Waals surface area contributed by atoms with E-state index in [1.54, 1.807) is 0 Å². The standard InChI is InChI=1S/C26H21F3N4O6S/c1-13(17-7-9-30-11-19(17)21(34)35)25(14(2)18-8-10-31-12-20(18)22(36)37)23(38)33(24(39)32-25)15-3-5-16(6-4-15)40-26(27,28)29/h3-14H,1-2H3,(H,32,39)(H,34,35)(H,36,37). The Hall–Kier alpha value is -4.46. The van der Waals surface area contributed by atoms with E-state index in [9.17, 15) is 42.6 Å². The fourth-order valence-corrected chi connectivity index (χ4v) is 5.51. The van der Waals surface area contributed by atoms with Crippen LogP contribution in [0.3, 0.4) is 0 Å². The van der Waals surface area contributed by atoms with Gasteiger partial charge in [0.15, 0.2) is 0 Å². The molecule has 1 aliphatic heterocycles. The highest BCUT2D eigenvalue weighted by Crippen LogP contribution is 2.46. The summed E-state index contributed by atoms with van der Waals surface area (Å²) in [5.74, 6) is -5.62. The van der Waals surface area contributed by atoms with Crippen LogP contribution >= 0.6 is 11.8 Å². The Balaban J connectivity index is 1.88. The van der Waals surface area contributed by atoms with Crippen molar-refractivity contribution in [1.29, 1.82) is 0 Å². The summed E-state index contributed by atoms with van der Waals surface area (Å²) in [4.78, 5) is 59.9. The van der Waals surface area contributed by atoms with Crippen molar-refractivity contribution in [2.24, 2.45) is 0 Å².